The highest BCUT2D eigenvalue weighted by atomic mass is 16.5. The first kappa shape index (κ1) is 18.4. The zero-order valence-corrected chi connectivity index (χ0v) is 16.8. The molecule has 0 saturated heterocycles. The fourth-order valence-electron chi connectivity index (χ4n) is 4.48. The summed E-state index contributed by atoms with van der Waals surface area (Å²) in [5, 5.41) is 7.73. The molecule has 0 spiro atoms. The van der Waals surface area contributed by atoms with Crippen LogP contribution in [0.5, 0.6) is 11.5 Å². The number of carbonyl (C=O) groups excluding carboxylic acids is 1. The lowest BCUT2D eigenvalue weighted by atomic mass is 9.75. The smallest absolute Gasteiger partial charge is 0.226 e. The molecule has 3 aromatic rings. The van der Waals surface area contributed by atoms with Gasteiger partial charge in [0.2, 0.25) is 5.95 Å². The summed E-state index contributed by atoms with van der Waals surface area (Å²) in [5.41, 5.74) is 2.86. The van der Waals surface area contributed by atoms with Crippen molar-refractivity contribution in [3.63, 3.8) is 0 Å². The predicted octanol–water partition coefficient (Wildman–Crippen LogP) is 3.57. The standard InChI is InChI=1S/C23H22N4O3/c1-29-16-8-9-17(20(12-16)30-2)15-10-18-21(19(28)11-15)22(14-6-4-3-5-7-14)27-23(26-18)24-13-25-27/h3-10,12-13,15,21-22H,11H2,1-2H3,(H,24,25,26)/t15-,21-,22+/m0/s1. The third-order valence-corrected chi connectivity index (χ3v) is 5.87. The number of hydrogen-bond donors (Lipinski definition) is 1. The van der Waals surface area contributed by atoms with E-state index in [1.807, 2.05) is 53.2 Å². The number of nitrogens with one attached hydrogen (secondary N) is 1. The van der Waals surface area contributed by atoms with Gasteiger partial charge >= 0.3 is 0 Å². The highest BCUT2D eigenvalue weighted by molar-refractivity contribution is 5.89. The topological polar surface area (TPSA) is 78.3 Å². The van der Waals surface area contributed by atoms with E-state index in [1.54, 1.807) is 14.2 Å². The minimum atomic E-state index is -0.331. The summed E-state index contributed by atoms with van der Waals surface area (Å²) in [6.45, 7) is 0. The molecule has 0 fully saturated rings. The van der Waals surface area contributed by atoms with Crippen molar-refractivity contribution in [2.75, 3.05) is 19.5 Å². The van der Waals surface area contributed by atoms with Crippen LogP contribution >= 0.6 is 0 Å². The van der Waals surface area contributed by atoms with E-state index in [2.05, 4.69) is 21.5 Å². The number of ether oxygens (including phenoxy) is 2. The van der Waals surface area contributed by atoms with Crippen LogP contribution in [0.15, 0.2) is 66.6 Å². The van der Waals surface area contributed by atoms with Crippen LogP contribution in [0.2, 0.25) is 0 Å². The van der Waals surface area contributed by atoms with Crippen molar-refractivity contribution in [1.29, 1.82) is 0 Å². The molecule has 0 bridgehead atoms. The summed E-state index contributed by atoms with van der Waals surface area (Å²) >= 11 is 0. The molecule has 152 valence electrons. The van der Waals surface area contributed by atoms with Gasteiger partial charge in [-0.05, 0) is 11.6 Å². The van der Waals surface area contributed by atoms with Gasteiger partial charge in [-0.3, -0.25) is 4.79 Å². The fraction of sp³-hybridized carbons (Fsp3) is 0.261. The number of rotatable bonds is 4. The third kappa shape index (κ3) is 2.94. The zero-order chi connectivity index (χ0) is 20.7. The third-order valence-electron chi connectivity index (χ3n) is 5.87. The van der Waals surface area contributed by atoms with Crippen LogP contribution in [0.1, 0.15) is 29.5 Å². The summed E-state index contributed by atoms with van der Waals surface area (Å²) in [4.78, 5) is 17.8. The Balaban J connectivity index is 1.59. The van der Waals surface area contributed by atoms with E-state index < -0.39 is 0 Å². The maximum atomic E-state index is 13.4. The van der Waals surface area contributed by atoms with E-state index >= 15 is 0 Å². The van der Waals surface area contributed by atoms with Gasteiger partial charge in [-0.15, -0.1) is 0 Å². The van der Waals surface area contributed by atoms with Gasteiger partial charge in [0.1, 0.15) is 23.6 Å². The molecule has 0 saturated carbocycles. The minimum absolute atomic E-state index is 0.0944. The maximum Gasteiger partial charge on any atom is 0.226 e. The number of anilines is 1. The molecule has 7 nitrogen and oxygen atoms in total. The zero-order valence-electron chi connectivity index (χ0n) is 16.8. The highest BCUT2D eigenvalue weighted by Crippen LogP contribution is 2.45. The summed E-state index contributed by atoms with van der Waals surface area (Å²) < 4.78 is 12.7. The Bertz CT molecular complexity index is 1120. The van der Waals surface area contributed by atoms with Crippen molar-refractivity contribution in [2.45, 2.75) is 18.4 Å². The van der Waals surface area contributed by atoms with Gasteiger partial charge in [-0.2, -0.15) is 10.1 Å². The van der Waals surface area contributed by atoms with Crippen molar-refractivity contribution in [3.05, 3.63) is 77.8 Å². The van der Waals surface area contributed by atoms with Crippen LogP contribution in [0.4, 0.5) is 5.95 Å². The minimum Gasteiger partial charge on any atom is -0.497 e. The van der Waals surface area contributed by atoms with Gasteiger partial charge in [0.25, 0.3) is 0 Å². The van der Waals surface area contributed by atoms with Gasteiger partial charge in [0.05, 0.1) is 26.2 Å². The van der Waals surface area contributed by atoms with Gasteiger partial charge in [-0.1, -0.05) is 42.5 Å². The van der Waals surface area contributed by atoms with Crippen molar-refractivity contribution in [1.82, 2.24) is 14.8 Å². The lowest BCUT2D eigenvalue weighted by Gasteiger charge is -2.38. The molecule has 1 aromatic heterocycles. The normalized spacial score (nSPS) is 22.4. The van der Waals surface area contributed by atoms with Crippen LogP contribution in [-0.2, 0) is 4.79 Å². The first-order valence-corrected chi connectivity index (χ1v) is 9.87. The van der Waals surface area contributed by atoms with Crippen molar-refractivity contribution in [3.8, 4) is 11.5 Å². The molecular weight excluding hydrogens is 380 g/mol. The number of methoxy groups -OCH3 is 2. The summed E-state index contributed by atoms with van der Waals surface area (Å²) in [6, 6.07) is 15.5. The van der Waals surface area contributed by atoms with Crippen molar-refractivity contribution < 1.29 is 14.3 Å². The number of hydrogen-bond acceptors (Lipinski definition) is 6. The van der Waals surface area contributed by atoms with Gasteiger partial charge in [0.15, 0.2) is 0 Å². The molecule has 1 N–H and O–H groups in total. The van der Waals surface area contributed by atoms with E-state index in [0.717, 1.165) is 22.6 Å². The summed E-state index contributed by atoms with van der Waals surface area (Å²) in [7, 11) is 3.25. The first-order valence-electron chi connectivity index (χ1n) is 9.87. The quantitative estimate of drug-likeness (QED) is 0.719. The largest absolute Gasteiger partial charge is 0.497 e. The SMILES string of the molecule is COc1ccc([C@H]2C=C3Nc4ncnn4[C@H](c4ccccc4)[C@@H]3C(=O)C2)c(OC)c1. The Kier molecular flexibility index (Phi) is 4.50. The maximum absolute atomic E-state index is 13.4. The molecule has 1 aliphatic carbocycles. The molecule has 2 aliphatic rings. The van der Waals surface area contributed by atoms with Crippen LogP contribution in [-0.4, -0.2) is 34.8 Å². The second kappa shape index (κ2) is 7.33. The summed E-state index contributed by atoms with van der Waals surface area (Å²) in [5.74, 6) is 1.81. The highest BCUT2D eigenvalue weighted by Gasteiger charge is 2.43. The number of fused-ring (bicyclic) bond motifs is 2. The molecule has 7 heteroatoms. The molecule has 0 unspecified atom stereocenters. The average Bonchev–Trinajstić information content (AvgIpc) is 3.25. The number of benzene rings is 2. The Labute approximate surface area is 174 Å². The molecule has 3 atom stereocenters. The fourth-order valence-corrected chi connectivity index (χ4v) is 4.48. The van der Waals surface area contributed by atoms with E-state index in [-0.39, 0.29) is 23.7 Å². The Morgan fingerprint density at radius 1 is 1.10 bits per heavy atom. The van der Waals surface area contributed by atoms with Gasteiger partial charge < -0.3 is 14.8 Å². The Morgan fingerprint density at radius 2 is 1.93 bits per heavy atom. The molecular formula is C23H22N4O3. The van der Waals surface area contributed by atoms with Gasteiger partial charge in [-0.25, -0.2) is 4.68 Å². The van der Waals surface area contributed by atoms with Crippen LogP contribution in [0.3, 0.4) is 0 Å². The molecule has 2 aromatic carbocycles. The molecule has 0 amide bonds. The predicted molar refractivity (Wildman–Crippen MR) is 112 cm³/mol. The van der Waals surface area contributed by atoms with E-state index in [1.165, 1.54) is 6.33 Å². The van der Waals surface area contributed by atoms with Gasteiger partial charge in [0, 0.05) is 29.7 Å². The van der Waals surface area contributed by atoms with E-state index in [4.69, 9.17) is 9.47 Å². The molecule has 30 heavy (non-hydrogen) atoms. The number of aromatic nitrogens is 3. The molecule has 1 aliphatic heterocycles. The van der Waals surface area contributed by atoms with Crippen molar-refractivity contribution in [2.24, 2.45) is 5.92 Å². The van der Waals surface area contributed by atoms with Crippen LogP contribution < -0.4 is 14.8 Å². The summed E-state index contributed by atoms with van der Waals surface area (Å²) in [6.07, 6.45) is 4.04. The van der Waals surface area contributed by atoms with Crippen LogP contribution in [0.25, 0.3) is 0 Å². The Hall–Kier alpha value is -3.61. The monoisotopic (exact) mass is 402 g/mol. The second-order valence-corrected chi connectivity index (χ2v) is 7.49. The number of allylic oxidation sites excluding steroid dienone is 2. The second-order valence-electron chi connectivity index (χ2n) is 7.49. The van der Waals surface area contributed by atoms with Crippen LogP contribution in [0, 0.1) is 5.92 Å². The number of ketones is 1. The number of carbonyl (C=O) groups is 1. The van der Waals surface area contributed by atoms with Crippen molar-refractivity contribution >= 4 is 11.7 Å². The molecule has 2 heterocycles. The Morgan fingerprint density at radius 3 is 2.70 bits per heavy atom. The lowest BCUT2D eigenvalue weighted by Crippen LogP contribution is -2.40. The van der Waals surface area contributed by atoms with E-state index in [0.29, 0.717) is 18.1 Å². The molecule has 5 rings (SSSR count). The van der Waals surface area contributed by atoms with E-state index in [9.17, 15) is 4.79 Å². The first-order chi connectivity index (χ1) is 14.7. The molecule has 0 radical (unpaired) electrons. The number of Topliss-reactive ketones (excluding diaryl/α,β-unsaturated/α-hetero) is 1. The average molecular weight is 402 g/mol. The number of nitrogens with zero attached hydrogens (tertiary/aromatic N) is 3. The lowest BCUT2D eigenvalue weighted by molar-refractivity contribution is -0.123.